The smallest absolute Gasteiger partial charge is 0.102 e. The lowest BCUT2D eigenvalue weighted by molar-refractivity contribution is 0.717. The van der Waals surface area contributed by atoms with E-state index in [1.807, 2.05) is 12.3 Å². The SMILES string of the molecule is C\C1=C/C=C\N=C(\NC(C)C)CC1. The summed E-state index contributed by atoms with van der Waals surface area (Å²) in [5.74, 6) is 1.10. The number of amidine groups is 1. The molecule has 0 aliphatic carbocycles. The predicted octanol–water partition coefficient (Wildman–Crippen LogP) is 2.64. The van der Waals surface area contributed by atoms with E-state index in [-0.39, 0.29) is 0 Å². The molecule has 0 saturated heterocycles. The van der Waals surface area contributed by atoms with Gasteiger partial charge in [-0.3, -0.25) is 0 Å². The van der Waals surface area contributed by atoms with E-state index in [1.54, 1.807) is 0 Å². The van der Waals surface area contributed by atoms with Crippen LogP contribution in [0.5, 0.6) is 0 Å². The maximum Gasteiger partial charge on any atom is 0.102 e. The fraction of sp³-hybridized carbons (Fsp3) is 0.545. The quantitative estimate of drug-likeness (QED) is 0.656. The van der Waals surface area contributed by atoms with Crippen LogP contribution in [0.15, 0.2) is 28.9 Å². The van der Waals surface area contributed by atoms with Crippen LogP contribution >= 0.6 is 0 Å². The first-order valence-corrected chi connectivity index (χ1v) is 4.84. The zero-order valence-corrected chi connectivity index (χ0v) is 8.67. The second kappa shape index (κ2) is 4.85. The van der Waals surface area contributed by atoms with Crippen molar-refractivity contribution in [2.24, 2.45) is 4.99 Å². The third-order valence-electron chi connectivity index (χ3n) is 1.91. The number of hydrogen-bond donors (Lipinski definition) is 1. The van der Waals surface area contributed by atoms with Crippen LogP contribution in [0, 0.1) is 0 Å². The Morgan fingerprint density at radius 3 is 2.85 bits per heavy atom. The number of rotatable bonds is 1. The van der Waals surface area contributed by atoms with Crippen molar-refractivity contribution in [3.8, 4) is 0 Å². The summed E-state index contributed by atoms with van der Waals surface area (Å²) in [5.41, 5.74) is 1.41. The van der Waals surface area contributed by atoms with Gasteiger partial charge in [0.05, 0.1) is 0 Å². The molecule has 13 heavy (non-hydrogen) atoms. The molecule has 0 aromatic carbocycles. The van der Waals surface area contributed by atoms with Crippen molar-refractivity contribution in [2.75, 3.05) is 0 Å². The maximum atomic E-state index is 4.34. The lowest BCUT2D eigenvalue weighted by atomic mass is 10.1. The average Bonchev–Trinajstić information content (AvgIpc) is 2.03. The molecular formula is C11H18N2. The van der Waals surface area contributed by atoms with Crippen LogP contribution in [-0.2, 0) is 0 Å². The molecule has 0 radical (unpaired) electrons. The van der Waals surface area contributed by atoms with Crippen molar-refractivity contribution in [1.29, 1.82) is 0 Å². The summed E-state index contributed by atoms with van der Waals surface area (Å²) in [7, 11) is 0. The summed E-state index contributed by atoms with van der Waals surface area (Å²) in [5, 5.41) is 3.34. The molecule has 0 spiro atoms. The molecule has 2 nitrogen and oxygen atoms in total. The first-order valence-electron chi connectivity index (χ1n) is 4.84. The Bertz CT molecular complexity index is 247. The fourth-order valence-electron chi connectivity index (χ4n) is 1.25. The minimum Gasteiger partial charge on any atom is -0.371 e. The monoisotopic (exact) mass is 178 g/mol. The molecule has 1 N–H and O–H groups in total. The molecule has 72 valence electrons. The van der Waals surface area contributed by atoms with E-state index in [0.29, 0.717) is 6.04 Å². The third-order valence-corrected chi connectivity index (χ3v) is 1.91. The highest BCUT2D eigenvalue weighted by atomic mass is 15.0. The molecule has 0 saturated carbocycles. The second-order valence-corrected chi connectivity index (χ2v) is 3.73. The van der Waals surface area contributed by atoms with Crippen LogP contribution in [0.3, 0.4) is 0 Å². The number of nitrogens with zero attached hydrogens (tertiary/aromatic N) is 1. The van der Waals surface area contributed by atoms with E-state index in [9.17, 15) is 0 Å². The lowest BCUT2D eigenvalue weighted by Crippen LogP contribution is -2.30. The highest BCUT2D eigenvalue weighted by molar-refractivity contribution is 5.83. The predicted molar refractivity (Wildman–Crippen MR) is 57.8 cm³/mol. The maximum absolute atomic E-state index is 4.34. The fourth-order valence-corrected chi connectivity index (χ4v) is 1.25. The van der Waals surface area contributed by atoms with Crippen LogP contribution in [0.25, 0.3) is 0 Å². The Labute approximate surface area is 80.4 Å². The van der Waals surface area contributed by atoms with E-state index >= 15 is 0 Å². The average molecular weight is 178 g/mol. The minimum absolute atomic E-state index is 0.468. The molecule has 0 bridgehead atoms. The number of aliphatic imine (C=N–C) groups is 1. The van der Waals surface area contributed by atoms with Gasteiger partial charge in [0.15, 0.2) is 0 Å². The molecule has 0 fully saturated rings. The van der Waals surface area contributed by atoms with Gasteiger partial charge in [-0.05, 0) is 33.3 Å². The van der Waals surface area contributed by atoms with Gasteiger partial charge in [0.2, 0.25) is 0 Å². The molecule has 1 aliphatic heterocycles. The topological polar surface area (TPSA) is 24.4 Å². The van der Waals surface area contributed by atoms with Gasteiger partial charge in [-0.1, -0.05) is 11.6 Å². The van der Waals surface area contributed by atoms with Crippen LogP contribution in [0.2, 0.25) is 0 Å². The lowest BCUT2D eigenvalue weighted by Gasteiger charge is -2.13. The Kier molecular flexibility index (Phi) is 3.74. The highest BCUT2D eigenvalue weighted by Crippen LogP contribution is 2.07. The van der Waals surface area contributed by atoms with Gasteiger partial charge in [0.1, 0.15) is 5.84 Å². The number of hydrogen-bond acceptors (Lipinski definition) is 2. The van der Waals surface area contributed by atoms with Crippen LogP contribution in [0.1, 0.15) is 33.6 Å². The largest absolute Gasteiger partial charge is 0.371 e. The van der Waals surface area contributed by atoms with Gasteiger partial charge < -0.3 is 5.32 Å². The zero-order chi connectivity index (χ0) is 9.68. The molecule has 1 heterocycles. The summed E-state index contributed by atoms with van der Waals surface area (Å²) < 4.78 is 0. The van der Waals surface area contributed by atoms with Crippen LogP contribution in [-0.4, -0.2) is 11.9 Å². The molecule has 0 aromatic rings. The second-order valence-electron chi connectivity index (χ2n) is 3.73. The Hall–Kier alpha value is -1.05. The molecule has 0 atom stereocenters. The van der Waals surface area contributed by atoms with Crippen LogP contribution in [0.4, 0.5) is 0 Å². The van der Waals surface area contributed by atoms with E-state index in [2.05, 4.69) is 37.2 Å². The highest BCUT2D eigenvalue weighted by Gasteiger charge is 2.02. The molecule has 0 unspecified atom stereocenters. The van der Waals surface area contributed by atoms with Gasteiger partial charge in [-0.15, -0.1) is 0 Å². The number of allylic oxidation sites excluding steroid dienone is 3. The van der Waals surface area contributed by atoms with Gasteiger partial charge in [0, 0.05) is 18.7 Å². The van der Waals surface area contributed by atoms with Gasteiger partial charge in [-0.2, -0.15) is 0 Å². The van der Waals surface area contributed by atoms with Crippen molar-refractivity contribution in [3.05, 3.63) is 23.9 Å². The van der Waals surface area contributed by atoms with E-state index < -0.39 is 0 Å². The standard InChI is InChI=1S/C11H18N2/c1-9(2)13-11-7-6-10(3)5-4-8-12-11/h4-5,8-9H,6-7H2,1-3H3,(H,12,13)/b8-4-,10-5+. The first-order chi connectivity index (χ1) is 6.18. The molecule has 1 rings (SSSR count). The van der Waals surface area contributed by atoms with Crippen molar-refractivity contribution < 1.29 is 0 Å². The normalized spacial score (nSPS) is 28.0. The molecule has 0 amide bonds. The van der Waals surface area contributed by atoms with E-state index in [4.69, 9.17) is 0 Å². The summed E-state index contributed by atoms with van der Waals surface area (Å²) in [6.45, 7) is 6.42. The van der Waals surface area contributed by atoms with E-state index in [1.165, 1.54) is 5.57 Å². The Morgan fingerprint density at radius 2 is 2.15 bits per heavy atom. The Morgan fingerprint density at radius 1 is 1.38 bits per heavy atom. The van der Waals surface area contributed by atoms with Crippen molar-refractivity contribution in [2.45, 2.75) is 39.7 Å². The third kappa shape index (κ3) is 3.92. The van der Waals surface area contributed by atoms with Crippen molar-refractivity contribution in [1.82, 2.24) is 5.32 Å². The van der Waals surface area contributed by atoms with Gasteiger partial charge in [0.25, 0.3) is 0 Å². The van der Waals surface area contributed by atoms with Gasteiger partial charge in [-0.25, -0.2) is 4.99 Å². The minimum atomic E-state index is 0.468. The molecule has 1 aliphatic rings. The van der Waals surface area contributed by atoms with E-state index in [0.717, 1.165) is 18.7 Å². The first kappa shape index (κ1) is 10.0. The molecular weight excluding hydrogens is 160 g/mol. The van der Waals surface area contributed by atoms with Crippen molar-refractivity contribution >= 4 is 5.84 Å². The van der Waals surface area contributed by atoms with Crippen molar-refractivity contribution in [3.63, 3.8) is 0 Å². The summed E-state index contributed by atoms with van der Waals surface area (Å²) in [6.07, 6.45) is 8.09. The summed E-state index contributed by atoms with van der Waals surface area (Å²) in [6, 6.07) is 0.468. The molecule has 0 aromatic heterocycles. The zero-order valence-electron chi connectivity index (χ0n) is 8.67. The summed E-state index contributed by atoms with van der Waals surface area (Å²) in [4.78, 5) is 4.34. The van der Waals surface area contributed by atoms with Gasteiger partial charge >= 0.3 is 0 Å². The van der Waals surface area contributed by atoms with Crippen LogP contribution < -0.4 is 5.32 Å². The number of nitrogens with one attached hydrogen (secondary N) is 1. The molecule has 2 heteroatoms. The summed E-state index contributed by atoms with van der Waals surface area (Å²) >= 11 is 0. The Balaban J connectivity index is 2.58.